The number of nitrogens with zero attached hydrogens (tertiary/aromatic N) is 2. The Balaban J connectivity index is 2.31. The van der Waals surface area contributed by atoms with Crippen LogP contribution in [-0.2, 0) is 9.53 Å². The first-order valence-electron chi connectivity index (χ1n) is 5.60. The maximum absolute atomic E-state index is 11.4. The van der Waals surface area contributed by atoms with E-state index in [2.05, 4.69) is 9.84 Å². The minimum Gasteiger partial charge on any atom is -0.467 e. The summed E-state index contributed by atoms with van der Waals surface area (Å²) in [5.41, 5.74) is 8.36. The molecule has 2 N–H and O–H groups in total. The highest BCUT2D eigenvalue weighted by Crippen LogP contribution is 2.25. The number of methoxy groups -OCH3 is 1. The summed E-state index contributed by atoms with van der Waals surface area (Å²) in [7, 11) is 1.36. The zero-order chi connectivity index (χ0) is 13.1. The molecule has 1 aromatic carbocycles. The Bertz CT molecular complexity index is 563. The van der Waals surface area contributed by atoms with Crippen LogP contribution in [0, 0.1) is 0 Å². The summed E-state index contributed by atoms with van der Waals surface area (Å²) < 4.78 is 6.24. The van der Waals surface area contributed by atoms with Crippen molar-refractivity contribution < 1.29 is 9.53 Å². The lowest BCUT2D eigenvalue weighted by Gasteiger charge is -2.08. The number of nitrogens with two attached hydrogens (primary N) is 1. The molecule has 1 unspecified atom stereocenters. The van der Waals surface area contributed by atoms with Crippen LogP contribution in [0.25, 0.3) is 11.1 Å². The Morgan fingerprint density at radius 2 is 2.17 bits per heavy atom. The smallest absolute Gasteiger partial charge is 0.330 e. The van der Waals surface area contributed by atoms with Gasteiger partial charge in [0.2, 0.25) is 0 Å². The predicted octanol–water partition coefficient (Wildman–Crippen LogP) is 1.87. The van der Waals surface area contributed by atoms with Gasteiger partial charge in [0.25, 0.3) is 0 Å². The quantitative estimate of drug-likeness (QED) is 0.662. The van der Waals surface area contributed by atoms with Crippen molar-refractivity contribution in [1.29, 1.82) is 0 Å². The Labute approximate surface area is 105 Å². The van der Waals surface area contributed by atoms with Gasteiger partial charge in [-0.15, -0.1) is 0 Å². The third-order valence-corrected chi connectivity index (χ3v) is 2.81. The van der Waals surface area contributed by atoms with Gasteiger partial charge in [0.05, 0.1) is 13.3 Å². The molecule has 0 fully saturated rings. The molecule has 0 aliphatic rings. The second-order valence-electron chi connectivity index (χ2n) is 4.00. The van der Waals surface area contributed by atoms with Crippen LogP contribution in [0.3, 0.4) is 0 Å². The first-order valence-corrected chi connectivity index (χ1v) is 5.60. The van der Waals surface area contributed by atoms with Crippen molar-refractivity contribution in [3.05, 3.63) is 36.7 Å². The van der Waals surface area contributed by atoms with Crippen molar-refractivity contribution in [2.24, 2.45) is 0 Å². The number of anilines is 1. The van der Waals surface area contributed by atoms with E-state index in [9.17, 15) is 4.79 Å². The van der Waals surface area contributed by atoms with Gasteiger partial charge in [0.15, 0.2) is 0 Å². The highest BCUT2D eigenvalue weighted by atomic mass is 16.5. The molecule has 1 heterocycles. The second-order valence-corrected chi connectivity index (χ2v) is 4.00. The highest BCUT2D eigenvalue weighted by Gasteiger charge is 2.16. The fourth-order valence-electron chi connectivity index (χ4n) is 1.73. The van der Waals surface area contributed by atoms with Gasteiger partial charge in [-0.05, 0) is 13.0 Å². The summed E-state index contributed by atoms with van der Waals surface area (Å²) in [4.78, 5) is 11.4. The van der Waals surface area contributed by atoms with Crippen molar-refractivity contribution in [1.82, 2.24) is 9.78 Å². The van der Waals surface area contributed by atoms with E-state index >= 15 is 0 Å². The van der Waals surface area contributed by atoms with E-state index in [1.54, 1.807) is 24.0 Å². The van der Waals surface area contributed by atoms with Crippen LogP contribution in [0.2, 0.25) is 0 Å². The van der Waals surface area contributed by atoms with Crippen LogP contribution < -0.4 is 5.73 Å². The lowest BCUT2D eigenvalue weighted by atomic mass is 10.1. The Kier molecular flexibility index (Phi) is 3.32. The maximum atomic E-state index is 11.4. The van der Waals surface area contributed by atoms with Crippen molar-refractivity contribution in [2.45, 2.75) is 13.0 Å². The number of hydrogen-bond donors (Lipinski definition) is 1. The van der Waals surface area contributed by atoms with E-state index in [1.165, 1.54) is 7.11 Å². The minimum atomic E-state index is -0.450. The van der Waals surface area contributed by atoms with Crippen LogP contribution in [0.5, 0.6) is 0 Å². The molecule has 0 aliphatic carbocycles. The van der Waals surface area contributed by atoms with Gasteiger partial charge in [-0.2, -0.15) is 5.10 Å². The van der Waals surface area contributed by atoms with Crippen molar-refractivity contribution >= 4 is 11.7 Å². The lowest BCUT2D eigenvalue weighted by molar-refractivity contribution is -0.144. The van der Waals surface area contributed by atoms with Crippen LogP contribution in [-0.4, -0.2) is 22.9 Å². The molecule has 0 saturated carbocycles. The molecule has 5 heteroatoms. The lowest BCUT2D eigenvalue weighted by Crippen LogP contribution is -2.17. The summed E-state index contributed by atoms with van der Waals surface area (Å²) in [5.74, 6) is -0.328. The Hall–Kier alpha value is -2.30. The Morgan fingerprint density at radius 3 is 2.83 bits per heavy atom. The molecular weight excluding hydrogens is 230 g/mol. The number of para-hydroxylation sites is 1. The number of carbonyl (C=O) groups excluding carboxylic acids is 1. The fraction of sp³-hybridized carbons (Fsp3) is 0.231. The SMILES string of the molecule is COC(=O)C(C)n1cc(-c2ccccc2N)cn1. The van der Waals surface area contributed by atoms with E-state index in [-0.39, 0.29) is 5.97 Å². The monoisotopic (exact) mass is 245 g/mol. The number of ether oxygens (including phenoxy) is 1. The topological polar surface area (TPSA) is 70.1 Å². The largest absolute Gasteiger partial charge is 0.467 e. The highest BCUT2D eigenvalue weighted by molar-refractivity contribution is 5.76. The summed E-state index contributed by atoms with van der Waals surface area (Å²) in [6.07, 6.45) is 3.47. The van der Waals surface area contributed by atoms with Gasteiger partial charge in [-0.25, -0.2) is 4.79 Å². The van der Waals surface area contributed by atoms with Crippen molar-refractivity contribution in [2.75, 3.05) is 12.8 Å². The second kappa shape index (κ2) is 4.91. The molecule has 0 aliphatic heterocycles. The van der Waals surface area contributed by atoms with Crippen LogP contribution in [0.4, 0.5) is 5.69 Å². The summed E-state index contributed by atoms with van der Waals surface area (Å²) in [6, 6.07) is 7.08. The first kappa shape index (κ1) is 12.2. The molecule has 1 aromatic heterocycles. The number of rotatable bonds is 3. The number of nitrogen functional groups attached to an aromatic ring is 1. The van der Waals surface area contributed by atoms with Crippen LogP contribution in [0.1, 0.15) is 13.0 Å². The van der Waals surface area contributed by atoms with Gasteiger partial charge in [0, 0.05) is 23.0 Å². The molecule has 0 saturated heterocycles. The summed E-state index contributed by atoms with van der Waals surface area (Å²) in [6.45, 7) is 1.73. The summed E-state index contributed by atoms with van der Waals surface area (Å²) in [5, 5.41) is 4.16. The zero-order valence-electron chi connectivity index (χ0n) is 10.3. The van der Waals surface area contributed by atoms with Crippen LogP contribution in [0.15, 0.2) is 36.7 Å². The number of carbonyl (C=O) groups is 1. The standard InChI is InChI=1S/C13H15N3O2/c1-9(13(17)18-2)16-8-10(7-15-16)11-5-3-4-6-12(11)14/h3-9H,14H2,1-2H3. The third-order valence-electron chi connectivity index (χ3n) is 2.81. The number of esters is 1. The fourth-order valence-corrected chi connectivity index (χ4v) is 1.73. The predicted molar refractivity (Wildman–Crippen MR) is 68.8 cm³/mol. The number of hydrogen-bond acceptors (Lipinski definition) is 4. The molecule has 0 amide bonds. The van der Waals surface area contributed by atoms with E-state index < -0.39 is 6.04 Å². The molecular formula is C13H15N3O2. The molecule has 18 heavy (non-hydrogen) atoms. The van der Waals surface area contributed by atoms with Gasteiger partial charge in [-0.3, -0.25) is 4.68 Å². The molecule has 5 nitrogen and oxygen atoms in total. The van der Waals surface area contributed by atoms with Crippen molar-refractivity contribution in [3.8, 4) is 11.1 Å². The number of aromatic nitrogens is 2. The van der Waals surface area contributed by atoms with E-state index in [1.807, 2.05) is 24.3 Å². The van der Waals surface area contributed by atoms with E-state index in [0.29, 0.717) is 5.69 Å². The normalized spacial score (nSPS) is 12.1. The molecule has 1 atom stereocenters. The minimum absolute atomic E-state index is 0.328. The van der Waals surface area contributed by atoms with E-state index in [0.717, 1.165) is 11.1 Å². The van der Waals surface area contributed by atoms with Gasteiger partial charge < -0.3 is 10.5 Å². The van der Waals surface area contributed by atoms with Crippen LogP contribution >= 0.6 is 0 Å². The molecule has 0 radical (unpaired) electrons. The van der Waals surface area contributed by atoms with Gasteiger partial charge >= 0.3 is 5.97 Å². The first-order chi connectivity index (χ1) is 8.63. The maximum Gasteiger partial charge on any atom is 0.330 e. The average molecular weight is 245 g/mol. The molecule has 2 aromatic rings. The molecule has 94 valence electrons. The van der Waals surface area contributed by atoms with Crippen molar-refractivity contribution in [3.63, 3.8) is 0 Å². The molecule has 2 rings (SSSR count). The van der Waals surface area contributed by atoms with Gasteiger partial charge in [-0.1, -0.05) is 18.2 Å². The molecule has 0 spiro atoms. The molecule has 0 bridgehead atoms. The summed E-state index contributed by atoms with van der Waals surface area (Å²) >= 11 is 0. The Morgan fingerprint density at radius 1 is 1.44 bits per heavy atom. The number of benzene rings is 1. The average Bonchev–Trinajstić information content (AvgIpc) is 2.87. The van der Waals surface area contributed by atoms with E-state index in [4.69, 9.17) is 5.73 Å². The zero-order valence-corrected chi connectivity index (χ0v) is 10.3. The third kappa shape index (κ3) is 2.20. The van der Waals surface area contributed by atoms with Gasteiger partial charge in [0.1, 0.15) is 6.04 Å².